The van der Waals surface area contributed by atoms with Crippen molar-refractivity contribution >= 4 is 19.7 Å². The van der Waals surface area contributed by atoms with Gasteiger partial charge in [-0.1, -0.05) is 78.8 Å². The first-order valence-electron chi connectivity index (χ1n) is 10.1. The third-order valence-electron chi connectivity index (χ3n) is 5.80. The van der Waals surface area contributed by atoms with Crippen LogP contribution in [0.5, 0.6) is 0 Å². The summed E-state index contributed by atoms with van der Waals surface area (Å²) >= 11 is 0. The van der Waals surface area contributed by atoms with Gasteiger partial charge in [0.25, 0.3) is 0 Å². The highest BCUT2D eigenvalue weighted by atomic mass is 32.3. The molecular weight excluding hydrogens is 416 g/mol. The van der Waals surface area contributed by atoms with Crippen LogP contribution in [0.2, 0.25) is 0 Å². The molecule has 0 fully saturated rings. The summed E-state index contributed by atoms with van der Waals surface area (Å²) < 4.78 is 50.8. The van der Waals surface area contributed by atoms with Gasteiger partial charge in [0, 0.05) is 0 Å². The number of rotatable bonds is 6. The molecule has 2 aromatic rings. The molecule has 0 spiro atoms. The molecule has 6 heteroatoms. The van der Waals surface area contributed by atoms with E-state index < -0.39 is 24.8 Å². The van der Waals surface area contributed by atoms with Gasteiger partial charge in [0.15, 0.2) is 24.8 Å². The molecule has 0 saturated heterocycles. The number of benzene rings is 2. The molecule has 0 aliphatic rings. The molecule has 0 aromatic heterocycles. The van der Waals surface area contributed by atoms with Crippen molar-refractivity contribution < 1.29 is 16.8 Å². The van der Waals surface area contributed by atoms with Gasteiger partial charge in [0.2, 0.25) is 0 Å². The molecule has 1 atom stereocenters. The van der Waals surface area contributed by atoms with Crippen molar-refractivity contribution in [3.8, 4) is 0 Å². The molecule has 2 aromatic carbocycles. The van der Waals surface area contributed by atoms with E-state index in [4.69, 9.17) is 0 Å². The highest BCUT2D eigenvalue weighted by Gasteiger charge is 2.41. The van der Waals surface area contributed by atoms with E-state index in [9.17, 15) is 16.8 Å². The first-order chi connectivity index (χ1) is 13.5. The van der Waals surface area contributed by atoms with E-state index in [-0.39, 0.29) is 26.0 Å². The summed E-state index contributed by atoms with van der Waals surface area (Å²) in [5, 5.41) is -0.943. The Balaban J connectivity index is 2.40. The Hall–Kier alpha value is -1.66. The third kappa shape index (κ3) is 5.52. The average molecular weight is 451 g/mol. The fourth-order valence-electron chi connectivity index (χ4n) is 3.86. The first kappa shape index (κ1) is 24.6. The number of hydrogen-bond donors (Lipinski definition) is 0. The molecule has 2 rings (SSSR count). The molecule has 0 amide bonds. The summed E-state index contributed by atoms with van der Waals surface area (Å²) in [6.07, 6.45) is 0.929. The van der Waals surface area contributed by atoms with Crippen LogP contribution >= 0.6 is 0 Å². The largest absolute Gasteiger partial charge is 0.223 e. The Labute approximate surface area is 182 Å². The van der Waals surface area contributed by atoms with Crippen LogP contribution in [0.4, 0.5) is 0 Å². The van der Waals surface area contributed by atoms with Crippen LogP contribution in [-0.2, 0) is 25.1 Å². The van der Waals surface area contributed by atoms with Crippen molar-refractivity contribution in [2.45, 2.75) is 70.1 Å². The maximum absolute atomic E-state index is 12.8. The van der Waals surface area contributed by atoms with Crippen LogP contribution < -0.4 is 0 Å². The van der Waals surface area contributed by atoms with Crippen LogP contribution in [0.15, 0.2) is 64.4 Å². The van der Waals surface area contributed by atoms with E-state index in [2.05, 4.69) is 48.5 Å². The lowest BCUT2D eigenvalue weighted by Crippen LogP contribution is -2.40. The molecule has 166 valence electrons. The fourth-order valence-corrected chi connectivity index (χ4v) is 7.70. The maximum atomic E-state index is 12.8. The summed E-state index contributed by atoms with van der Waals surface area (Å²) in [7, 11) is -7.93. The summed E-state index contributed by atoms with van der Waals surface area (Å²) in [6.45, 7) is 15.4. The quantitative estimate of drug-likeness (QED) is 0.572. The minimum absolute atomic E-state index is 0.00989. The molecule has 0 heterocycles. The molecule has 0 bridgehead atoms. The molecule has 0 aliphatic carbocycles. The second-order valence-corrected chi connectivity index (χ2v) is 14.8. The normalized spacial score (nSPS) is 15.6. The van der Waals surface area contributed by atoms with E-state index in [0.29, 0.717) is 0 Å². The predicted octanol–water partition coefficient (Wildman–Crippen LogP) is 5.63. The third-order valence-corrected chi connectivity index (χ3v) is 10.3. The lowest BCUT2D eigenvalue weighted by molar-refractivity contribution is 0.134. The fraction of sp³-hybridized carbons (Fsp3) is 0.500. The molecule has 30 heavy (non-hydrogen) atoms. The van der Waals surface area contributed by atoms with Crippen LogP contribution in [0, 0.1) is 10.8 Å². The van der Waals surface area contributed by atoms with Crippen molar-refractivity contribution in [1.29, 1.82) is 0 Å². The first-order valence-corrected chi connectivity index (χ1v) is 13.4. The van der Waals surface area contributed by atoms with Crippen molar-refractivity contribution in [2.75, 3.05) is 5.08 Å². The van der Waals surface area contributed by atoms with Crippen molar-refractivity contribution in [3.05, 3.63) is 60.2 Å². The Morgan fingerprint density at radius 1 is 0.633 bits per heavy atom. The smallest absolute Gasteiger partial charge is 0.193 e. The lowest BCUT2D eigenvalue weighted by Gasteiger charge is -2.46. The topological polar surface area (TPSA) is 68.3 Å². The second kappa shape index (κ2) is 8.12. The van der Waals surface area contributed by atoms with Gasteiger partial charge in [0.05, 0.1) is 9.79 Å². The number of hydrogen-bond acceptors (Lipinski definition) is 4. The lowest BCUT2D eigenvalue weighted by atomic mass is 9.58. The Bertz CT molecular complexity index is 1070. The van der Waals surface area contributed by atoms with Crippen LogP contribution in [0.3, 0.4) is 0 Å². The van der Waals surface area contributed by atoms with Crippen LogP contribution in [0.1, 0.15) is 60.5 Å². The molecule has 1 unspecified atom stereocenters. The Morgan fingerprint density at radius 2 is 1.07 bits per heavy atom. The molecule has 0 aliphatic heterocycles. The minimum Gasteiger partial charge on any atom is -0.223 e. The van der Waals surface area contributed by atoms with E-state index in [1.165, 1.54) is 24.3 Å². The van der Waals surface area contributed by atoms with Gasteiger partial charge < -0.3 is 0 Å². The van der Waals surface area contributed by atoms with Gasteiger partial charge in [-0.3, -0.25) is 0 Å². The summed E-state index contributed by atoms with van der Waals surface area (Å²) in [6, 6.07) is 14.4. The minimum atomic E-state index is -3.99. The highest BCUT2D eigenvalue weighted by molar-refractivity contribution is 8.08. The second-order valence-electron chi connectivity index (χ2n) is 10.5. The van der Waals surface area contributed by atoms with Gasteiger partial charge in [-0.05, 0) is 52.5 Å². The summed E-state index contributed by atoms with van der Waals surface area (Å²) in [4.78, 5) is 0.0356. The Kier molecular flexibility index (Phi) is 6.66. The van der Waals surface area contributed by atoms with E-state index in [0.717, 1.165) is 12.0 Å². The molecule has 0 N–H and O–H groups in total. The number of sulfone groups is 2. The zero-order chi connectivity index (χ0) is 23.0. The highest BCUT2D eigenvalue weighted by Crippen LogP contribution is 2.48. The zero-order valence-corrected chi connectivity index (χ0v) is 20.7. The predicted molar refractivity (Wildman–Crippen MR) is 123 cm³/mol. The van der Waals surface area contributed by atoms with Crippen molar-refractivity contribution in [2.24, 2.45) is 10.8 Å². The van der Waals surface area contributed by atoms with Gasteiger partial charge in [-0.25, -0.2) is 16.8 Å². The van der Waals surface area contributed by atoms with Gasteiger partial charge in [-0.2, -0.15) is 0 Å². The molecule has 0 saturated carbocycles. The van der Waals surface area contributed by atoms with Crippen molar-refractivity contribution in [1.82, 2.24) is 0 Å². The standard InChI is InChI=1S/C24H34O4S2/c1-22(2,3)17-24(7,23(4,5)6)19-13-15-21(16-14-19)30(27,28)18-29(25,26)20-11-9-8-10-12-20/h8-16H,17-18H2,1-7H3. The molecule has 4 nitrogen and oxygen atoms in total. The van der Waals surface area contributed by atoms with Gasteiger partial charge in [0.1, 0.15) is 0 Å². The Morgan fingerprint density at radius 3 is 1.47 bits per heavy atom. The summed E-state index contributed by atoms with van der Waals surface area (Å²) in [5.41, 5.74) is 0.923. The van der Waals surface area contributed by atoms with Crippen molar-refractivity contribution in [3.63, 3.8) is 0 Å². The average Bonchev–Trinajstić information content (AvgIpc) is 2.59. The molecular formula is C24H34O4S2. The van der Waals surface area contributed by atoms with E-state index >= 15 is 0 Å². The van der Waals surface area contributed by atoms with E-state index in [1.807, 2.05) is 12.1 Å². The van der Waals surface area contributed by atoms with Gasteiger partial charge >= 0.3 is 0 Å². The maximum Gasteiger partial charge on any atom is 0.193 e. The summed E-state index contributed by atoms with van der Waals surface area (Å²) in [5.74, 6) is 0. The molecule has 0 radical (unpaired) electrons. The monoisotopic (exact) mass is 450 g/mol. The van der Waals surface area contributed by atoms with E-state index in [1.54, 1.807) is 18.2 Å². The zero-order valence-electron chi connectivity index (χ0n) is 19.1. The van der Waals surface area contributed by atoms with Gasteiger partial charge in [-0.15, -0.1) is 0 Å². The van der Waals surface area contributed by atoms with Crippen LogP contribution in [0.25, 0.3) is 0 Å². The van der Waals surface area contributed by atoms with Crippen LogP contribution in [-0.4, -0.2) is 21.9 Å². The SMILES string of the molecule is CC(C)(C)CC(C)(c1ccc(S(=O)(=O)CS(=O)(=O)c2ccccc2)cc1)C(C)(C)C.